The van der Waals surface area contributed by atoms with Crippen molar-refractivity contribution >= 4 is 11.6 Å². The Morgan fingerprint density at radius 2 is 1.62 bits per heavy atom. The van der Waals surface area contributed by atoms with Gasteiger partial charge in [0.25, 0.3) is 5.91 Å². The summed E-state index contributed by atoms with van der Waals surface area (Å²) in [4.78, 5) is 14.4. The highest BCUT2D eigenvalue weighted by Crippen LogP contribution is 2.19. The molecule has 2 aromatic carbocycles. The van der Waals surface area contributed by atoms with Crippen LogP contribution in [0.2, 0.25) is 0 Å². The number of nitrogens with one attached hydrogen (secondary N) is 1. The van der Waals surface area contributed by atoms with Crippen LogP contribution >= 0.6 is 0 Å². The number of hydrogen-bond donors (Lipinski definition) is 1. The molecule has 21 heavy (non-hydrogen) atoms. The van der Waals surface area contributed by atoms with E-state index in [9.17, 15) is 4.79 Å². The van der Waals surface area contributed by atoms with Gasteiger partial charge >= 0.3 is 0 Å². The van der Waals surface area contributed by atoms with Gasteiger partial charge in [-0.05, 0) is 23.8 Å². The second-order valence-corrected chi connectivity index (χ2v) is 4.68. The van der Waals surface area contributed by atoms with E-state index in [1.165, 1.54) is 0 Å². The molecule has 4 nitrogen and oxygen atoms in total. The maximum Gasteiger partial charge on any atom is 0.276 e. The summed E-state index contributed by atoms with van der Waals surface area (Å²) < 4.78 is 0. The third-order valence-corrected chi connectivity index (χ3v) is 3.23. The van der Waals surface area contributed by atoms with E-state index in [0.717, 1.165) is 11.3 Å². The number of aromatic amines is 1. The number of nitrogens with zero attached hydrogens (tertiary/aromatic N) is 2. The predicted octanol–water partition coefficient (Wildman–Crippen LogP) is 3.26. The first kappa shape index (κ1) is 13.1. The van der Waals surface area contributed by atoms with Crippen molar-refractivity contribution in [2.75, 3.05) is 4.90 Å². The molecule has 1 N–H and O–H groups in total. The number of rotatable bonds is 4. The zero-order valence-electron chi connectivity index (χ0n) is 11.4. The van der Waals surface area contributed by atoms with Crippen molar-refractivity contribution in [3.8, 4) is 0 Å². The molecule has 104 valence electrons. The van der Waals surface area contributed by atoms with Crippen molar-refractivity contribution < 1.29 is 4.79 Å². The highest BCUT2D eigenvalue weighted by atomic mass is 16.2. The monoisotopic (exact) mass is 277 g/mol. The number of para-hydroxylation sites is 1. The molecule has 0 saturated heterocycles. The van der Waals surface area contributed by atoms with E-state index in [-0.39, 0.29) is 5.91 Å². The van der Waals surface area contributed by atoms with Crippen molar-refractivity contribution in [2.24, 2.45) is 0 Å². The fourth-order valence-electron chi connectivity index (χ4n) is 2.17. The van der Waals surface area contributed by atoms with Crippen LogP contribution < -0.4 is 4.90 Å². The van der Waals surface area contributed by atoms with E-state index in [2.05, 4.69) is 10.2 Å². The first-order valence-electron chi connectivity index (χ1n) is 6.75. The van der Waals surface area contributed by atoms with Gasteiger partial charge in [-0.2, -0.15) is 5.10 Å². The number of H-pyrrole nitrogens is 1. The molecule has 0 atom stereocenters. The van der Waals surface area contributed by atoms with Gasteiger partial charge in [0.15, 0.2) is 0 Å². The van der Waals surface area contributed by atoms with Crippen LogP contribution in [0.1, 0.15) is 16.1 Å². The van der Waals surface area contributed by atoms with E-state index in [0.29, 0.717) is 12.2 Å². The quantitative estimate of drug-likeness (QED) is 0.795. The van der Waals surface area contributed by atoms with E-state index in [4.69, 9.17) is 0 Å². The average molecular weight is 277 g/mol. The number of amides is 1. The molecule has 1 amide bonds. The lowest BCUT2D eigenvalue weighted by Crippen LogP contribution is -2.30. The molecule has 3 rings (SSSR count). The van der Waals surface area contributed by atoms with Gasteiger partial charge in [0.1, 0.15) is 5.69 Å². The molecule has 1 heterocycles. The summed E-state index contributed by atoms with van der Waals surface area (Å²) >= 11 is 0. The lowest BCUT2D eigenvalue weighted by atomic mass is 10.2. The summed E-state index contributed by atoms with van der Waals surface area (Å²) in [7, 11) is 0. The average Bonchev–Trinajstić information content (AvgIpc) is 3.08. The zero-order valence-corrected chi connectivity index (χ0v) is 11.4. The van der Waals surface area contributed by atoms with E-state index >= 15 is 0 Å². The van der Waals surface area contributed by atoms with Gasteiger partial charge in [0.05, 0.1) is 6.54 Å². The summed E-state index contributed by atoms with van der Waals surface area (Å²) in [6, 6.07) is 21.3. The molecule has 1 aromatic heterocycles. The number of carbonyl (C=O) groups excluding carboxylic acids is 1. The number of anilines is 1. The summed E-state index contributed by atoms with van der Waals surface area (Å²) in [5.74, 6) is -0.0949. The molecule has 3 aromatic rings. The largest absolute Gasteiger partial charge is 0.303 e. The van der Waals surface area contributed by atoms with Crippen LogP contribution in [0.5, 0.6) is 0 Å². The summed E-state index contributed by atoms with van der Waals surface area (Å²) in [5, 5.41) is 6.59. The van der Waals surface area contributed by atoms with Gasteiger partial charge in [-0.3, -0.25) is 9.89 Å². The van der Waals surface area contributed by atoms with Gasteiger partial charge in [-0.15, -0.1) is 0 Å². The molecule has 0 spiro atoms. The molecule has 0 saturated carbocycles. The normalized spacial score (nSPS) is 10.3. The molecule has 0 radical (unpaired) electrons. The Labute approximate surface area is 123 Å². The maximum absolute atomic E-state index is 12.7. The third kappa shape index (κ3) is 3.00. The molecular weight excluding hydrogens is 262 g/mol. The Bertz CT molecular complexity index is 693. The Kier molecular flexibility index (Phi) is 3.78. The molecule has 0 aliphatic rings. The molecule has 0 aliphatic carbocycles. The molecule has 0 unspecified atom stereocenters. The summed E-state index contributed by atoms with van der Waals surface area (Å²) in [6.45, 7) is 0.517. The topological polar surface area (TPSA) is 49.0 Å². The molecule has 0 aliphatic heterocycles. The van der Waals surface area contributed by atoms with Gasteiger partial charge < -0.3 is 4.90 Å². The molecule has 0 bridgehead atoms. The maximum atomic E-state index is 12.7. The van der Waals surface area contributed by atoms with Crippen molar-refractivity contribution in [1.29, 1.82) is 0 Å². The first-order chi connectivity index (χ1) is 10.3. The first-order valence-corrected chi connectivity index (χ1v) is 6.75. The predicted molar refractivity (Wildman–Crippen MR) is 82.0 cm³/mol. The molecule has 0 fully saturated rings. The molecular formula is C17H15N3O. The van der Waals surface area contributed by atoms with Gasteiger partial charge in [0, 0.05) is 11.9 Å². The SMILES string of the molecule is O=C(c1ccn[nH]1)N(Cc1ccccc1)c1ccccc1. The number of benzene rings is 2. The van der Waals surface area contributed by atoms with E-state index < -0.39 is 0 Å². The standard InChI is InChI=1S/C17H15N3O/c21-17(16-11-12-18-19-16)20(15-9-5-2-6-10-15)13-14-7-3-1-4-8-14/h1-12H,13H2,(H,18,19). The Morgan fingerprint density at radius 3 is 2.24 bits per heavy atom. The number of hydrogen-bond acceptors (Lipinski definition) is 2. The summed E-state index contributed by atoms with van der Waals surface area (Å²) in [5.41, 5.74) is 2.42. The zero-order chi connectivity index (χ0) is 14.5. The van der Waals surface area contributed by atoms with Crippen LogP contribution in [-0.4, -0.2) is 16.1 Å². The molecule has 4 heteroatoms. The Morgan fingerprint density at radius 1 is 0.952 bits per heavy atom. The fraction of sp³-hybridized carbons (Fsp3) is 0.0588. The van der Waals surface area contributed by atoms with Crippen LogP contribution in [0.3, 0.4) is 0 Å². The lowest BCUT2D eigenvalue weighted by molar-refractivity contribution is 0.0980. The minimum absolute atomic E-state index is 0.0949. The van der Waals surface area contributed by atoms with E-state index in [1.807, 2.05) is 60.7 Å². The highest BCUT2D eigenvalue weighted by molar-refractivity contribution is 6.04. The lowest BCUT2D eigenvalue weighted by Gasteiger charge is -2.22. The minimum atomic E-state index is -0.0949. The van der Waals surface area contributed by atoms with Crippen LogP contribution in [-0.2, 0) is 6.54 Å². The van der Waals surface area contributed by atoms with Crippen molar-refractivity contribution in [3.05, 3.63) is 84.2 Å². The second-order valence-electron chi connectivity index (χ2n) is 4.68. The van der Waals surface area contributed by atoms with E-state index in [1.54, 1.807) is 17.2 Å². The van der Waals surface area contributed by atoms with Crippen molar-refractivity contribution in [1.82, 2.24) is 10.2 Å². The minimum Gasteiger partial charge on any atom is -0.303 e. The van der Waals surface area contributed by atoms with Crippen molar-refractivity contribution in [3.63, 3.8) is 0 Å². The smallest absolute Gasteiger partial charge is 0.276 e. The number of aromatic nitrogens is 2. The fourth-order valence-corrected chi connectivity index (χ4v) is 2.17. The van der Waals surface area contributed by atoms with Crippen LogP contribution in [0.4, 0.5) is 5.69 Å². The van der Waals surface area contributed by atoms with Crippen LogP contribution in [0.15, 0.2) is 72.9 Å². The van der Waals surface area contributed by atoms with Crippen molar-refractivity contribution in [2.45, 2.75) is 6.54 Å². The van der Waals surface area contributed by atoms with Gasteiger partial charge in [-0.25, -0.2) is 0 Å². The summed E-state index contributed by atoms with van der Waals surface area (Å²) in [6.07, 6.45) is 1.58. The highest BCUT2D eigenvalue weighted by Gasteiger charge is 2.18. The Hall–Kier alpha value is -2.88. The van der Waals surface area contributed by atoms with Crippen LogP contribution in [0, 0.1) is 0 Å². The van der Waals surface area contributed by atoms with Gasteiger partial charge in [0.2, 0.25) is 0 Å². The van der Waals surface area contributed by atoms with Crippen LogP contribution in [0.25, 0.3) is 0 Å². The van der Waals surface area contributed by atoms with Gasteiger partial charge in [-0.1, -0.05) is 48.5 Å². The number of carbonyl (C=O) groups is 1. The second kappa shape index (κ2) is 6.05. The Balaban J connectivity index is 1.93. The third-order valence-electron chi connectivity index (χ3n) is 3.23.